The van der Waals surface area contributed by atoms with Crippen molar-refractivity contribution < 1.29 is 28.5 Å². The maximum Gasteiger partial charge on any atom is 0.255 e. The quantitative estimate of drug-likeness (QED) is 0.491. The predicted molar refractivity (Wildman–Crippen MR) is 131 cm³/mol. The van der Waals surface area contributed by atoms with E-state index >= 15 is 0 Å². The Morgan fingerprint density at radius 1 is 0.794 bits per heavy atom. The zero-order valence-corrected chi connectivity index (χ0v) is 20.4. The molecule has 2 N–H and O–H groups in total. The number of methoxy groups -OCH3 is 2. The van der Waals surface area contributed by atoms with Crippen LogP contribution in [0.15, 0.2) is 30.3 Å². The Bertz CT molecular complexity index is 1000. The summed E-state index contributed by atoms with van der Waals surface area (Å²) >= 11 is 0. The maximum absolute atomic E-state index is 13.0. The third-order valence-electron chi connectivity index (χ3n) is 5.81. The molecule has 8 heteroatoms. The Labute approximate surface area is 200 Å². The summed E-state index contributed by atoms with van der Waals surface area (Å²) < 4.78 is 22.1. The van der Waals surface area contributed by atoms with Crippen molar-refractivity contribution in [2.24, 2.45) is 5.92 Å². The lowest BCUT2D eigenvalue weighted by molar-refractivity contribution is -0.120. The van der Waals surface area contributed by atoms with E-state index in [0.29, 0.717) is 53.2 Å². The molecule has 1 aliphatic carbocycles. The van der Waals surface area contributed by atoms with Crippen molar-refractivity contribution in [3.8, 4) is 23.0 Å². The SMILES string of the molecule is CCOc1cc(NC(=O)C2CCCCC2)c(OCC)cc1NC(=O)c1ccc(OC)c(OC)c1. The average molecular weight is 471 g/mol. The Balaban J connectivity index is 1.88. The molecule has 0 radical (unpaired) electrons. The minimum atomic E-state index is -0.344. The third-order valence-corrected chi connectivity index (χ3v) is 5.81. The van der Waals surface area contributed by atoms with Gasteiger partial charge in [-0.05, 0) is 44.9 Å². The van der Waals surface area contributed by atoms with Gasteiger partial charge in [-0.2, -0.15) is 0 Å². The molecular formula is C26H34N2O6. The lowest BCUT2D eigenvalue weighted by Gasteiger charge is -2.22. The fourth-order valence-corrected chi connectivity index (χ4v) is 4.08. The van der Waals surface area contributed by atoms with E-state index in [0.717, 1.165) is 25.7 Å². The van der Waals surface area contributed by atoms with E-state index in [2.05, 4.69) is 10.6 Å². The van der Waals surface area contributed by atoms with E-state index in [1.54, 1.807) is 30.3 Å². The highest BCUT2D eigenvalue weighted by Gasteiger charge is 2.23. The van der Waals surface area contributed by atoms with Gasteiger partial charge in [0, 0.05) is 23.6 Å². The van der Waals surface area contributed by atoms with Crippen molar-refractivity contribution >= 4 is 23.2 Å². The standard InChI is InChI=1S/C26H34N2O6/c1-5-33-22-16-20(28-26(30)18-12-13-21(31-3)24(14-18)32-4)23(34-6-2)15-19(22)27-25(29)17-10-8-7-9-11-17/h12-17H,5-11H2,1-4H3,(H,27,29)(H,28,30). The fraction of sp³-hybridized carbons (Fsp3) is 0.462. The van der Waals surface area contributed by atoms with Gasteiger partial charge in [0.15, 0.2) is 11.5 Å². The Hall–Kier alpha value is -3.42. The van der Waals surface area contributed by atoms with Gasteiger partial charge in [-0.1, -0.05) is 19.3 Å². The molecule has 1 saturated carbocycles. The van der Waals surface area contributed by atoms with Crippen LogP contribution in [0.1, 0.15) is 56.3 Å². The maximum atomic E-state index is 13.0. The van der Waals surface area contributed by atoms with Crippen LogP contribution in [0.25, 0.3) is 0 Å². The van der Waals surface area contributed by atoms with Crippen LogP contribution in [0.3, 0.4) is 0 Å². The molecule has 1 aliphatic rings. The van der Waals surface area contributed by atoms with Crippen LogP contribution in [0.2, 0.25) is 0 Å². The molecule has 0 bridgehead atoms. The molecule has 1 fully saturated rings. The van der Waals surface area contributed by atoms with Crippen LogP contribution in [0.5, 0.6) is 23.0 Å². The van der Waals surface area contributed by atoms with Crippen LogP contribution < -0.4 is 29.6 Å². The number of carbonyl (C=O) groups is 2. The van der Waals surface area contributed by atoms with Crippen LogP contribution in [0.4, 0.5) is 11.4 Å². The van der Waals surface area contributed by atoms with Crippen LogP contribution in [-0.4, -0.2) is 39.2 Å². The largest absolute Gasteiger partial charge is 0.493 e. The van der Waals surface area contributed by atoms with Gasteiger partial charge in [-0.25, -0.2) is 0 Å². The molecule has 2 aromatic rings. The summed E-state index contributed by atoms with van der Waals surface area (Å²) in [5.74, 6) is 1.55. The van der Waals surface area contributed by atoms with E-state index in [9.17, 15) is 9.59 Å². The summed E-state index contributed by atoms with van der Waals surface area (Å²) in [6, 6.07) is 8.33. The van der Waals surface area contributed by atoms with Crippen molar-refractivity contribution in [2.45, 2.75) is 46.0 Å². The number of carbonyl (C=O) groups excluding carboxylic acids is 2. The highest BCUT2D eigenvalue weighted by Crippen LogP contribution is 2.38. The summed E-state index contributed by atoms with van der Waals surface area (Å²) in [6.07, 6.45) is 5.11. The topological polar surface area (TPSA) is 95.1 Å². The van der Waals surface area contributed by atoms with Gasteiger partial charge in [0.1, 0.15) is 11.5 Å². The van der Waals surface area contributed by atoms with Gasteiger partial charge in [0.2, 0.25) is 5.91 Å². The van der Waals surface area contributed by atoms with Crippen LogP contribution >= 0.6 is 0 Å². The summed E-state index contributed by atoms with van der Waals surface area (Å²) in [7, 11) is 3.05. The zero-order chi connectivity index (χ0) is 24.5. The van der Waals surface area contributed by atoms with Gasteiger partial charge in [-0.3, -0.25) is 9.59 Å². The van der Waals surface area contributed by atoms with Crippen molar-refractivity contribution in [2.75, 3.05) is 38.1 Å². The first-order valence-electron chi connectivity index (χ1n) is 11.8. The second kappa shape index (κ2) is 12.2. The van der Waals surface area contributed by atoms with Crippen molar-refractivity contribution in [3.63, 3.8) is 0 Å². The number of benzene rings is 2. The number of hydrogen-bond donors (Lipinski definition) is 2. The summed E-state index contributed by atoms with van der Waals surface area (Å²) in [5, 5.41) is 5.91. The molecule has 2 amide bonds. The number of nitrogens with one attached hydrogen (secondary N) is 2. The normalized spacial score (nSPS) is 13.6. The van der Waals surface area contributed by atoms with Crippen molar-refractivity contribution in [1.29, 1.82) is 0 Å². The molecule has 0 aromatic heterocycles. The average Bonchev–Trinajstić information content (AvgIpc) is 2.86. The highest BCUT2D eigenvalue weighted by atomic mass is 16.5. The smallest absolute Gasteiger partial charge is 0.255 e. The van der Waals surface area contributed by atoms with Gasteiger partial charge in [0.05, 0.1) is 38.8 Å². The number of rotatable bonds is 10. The second-order valence-corrected chi connectivity index (χ2v) is 8.06. The molecule has 0 unspecified atom stereocenters. The van der Waals surface area contributed by atoms with Crippen molar-refractivity contribution in [1.82, 2.24) is 0 Å². The molecular weight excluding hydrogens is 436 g/mol. The number of ether oxygens (including phenoxy) is 4. The van der Waals surface area contributed by atoms with Gasteiger partial charge >= 0.3 is 0 Å². The van der Waals surface area contributed by atoms with E-state index in [1.807, 2.05) is 13.8 Å². The van der Waals surface area contributed by atoms with Gasteiger partial charge in [0.25, 0.3) is 5.91 Å². The third kappa shape index (κ3) is 6.12. The zero-order valence-electron chi connectivity index (χ0n) is 20.4. The highest BCUT2D eigenvalue weighted by molar-refractivity contribution is 6.06. The summed E-state index contributed by atoms with van der Waals surface area (Å²) in [4.78, 5) is 25.9. The molecule has 8 nitrogen and oxygen atoms in total. The lowest BCUT2D eigenvalue weighted by Crippen LogP contribution is -2.25. The van der Waals surface area contributed by atoms with E-state index in [-0.39, 0.29) is 17.7 Å². The number of hydrogen-bond acceptors (Lipinski definition) is 6. The summed E-state index contributed by atoms with van der Waals surface area (Å²) in [6.45, 7) is 4.52. The van der Waals surface area contributed by atoms with Crippen LogP contribution in [0, 0.1) is 5.92 Å². The van der Waals surface area contributed by atoms with E-state index in [4.69, 9.17) is 18.9 Å². The molecule has 0 saturated heterocycles. The molecule has 2 aromatic carbocycles. The Kier molecular flexibility index (Phi) is 9.01. The van der Waals surface area contributed by atoms with Crippen molar-refractivity contribution in [3.05, 3.63) is 35.9 Å². The molecule has 0 atom stereocenters. The number of anilines is 2. The molecule has 184 valence electrons. The first-order chi connectivity index (χ1) is 16.5. The predicted octanol–water partition coefficient (Wildman–Crippen LogP) is 5.27. The van der Waals surface area contributed by atoms with E-state index < -0.39 is 0 Å². The molecule has 34 heavy (non-hydrogen) atoms. The van der Waals surface area contributed by atoms with Gasteiger partial charge in [-0.15, -0.1) is 0 Å². The minimum absolute atomic E-state index is 0.00296. The molecule has 0 spiro atoms. The first kappa shape index (κ1) is 25.2. The Morgan fingerprint density at radius 3 is 1.94 bits per heavy atom. The van der Waals surface area contributed by atoms with Gasteiger partial charge < -0.3 is 29.6 Å². The fourth-order valence-electron chi connectivity index (χ4n) is 4.08. The second-order valence-electron chi connectivity index (χ2n) is 8.06. The summed E-state index contributed by atoms with van der Waals surface area (Å²) in [5.41, 5.74) is 1.37. The molecule has 3 rings (SSSR count). The van der Waals surface area contributed by atoms with Crippen LogP contribution in [-0.2, 0) is 4.79 Å². The lowest BCUT2D eigenvalue weighted by atomic mass is 9.88. The van der Waals surface area contributed by atoms with E-state index in [1.165, 1.54) is 20.6 Å². The number of amides is 2. The monoisotopic (exact) mass is 470 g/mol. The first-order valence-corrected chi connectivity index (χ1v) is 11.8. The molecule has 0 aliphatic heterocycles. The Morgan fingerprint density at radius 2 is 1.38 bits per heavy atom. The minimum Gasteiger partial charge on any atom is -0.493 e. The molecule has 0 heterocycles.